The Morgan fingerprint density at radius 2 is 1.81 bits per heavy atom. The van der Waals surface area contributed by atoms with Gasteiger partial charge >= 0.3 is 0 Å². The molecule has 0 radical (unpaired) electrons. The number of carbonyl (C=O) groups is 1. The van der Waals surface area contributed by atoms with Crippen molar-refractivity contribution in [2.75, 3.05) is 19.0 Å². The van der Waals surface area contributed by atoms with Gasteiger partial charge in [0, 0.05) is 18.6 Å². The van der Waals surface area contributed by atoms with E-state index >= 15 is 0 Å². The van der Waals surface area contributed by atoms with Gasteiger partial charge in [0.1, 0.15) is 16.3 Å². The molecule has 0 spiro atoms. The van der Waals surface area contributed by atoms with Gasteiger partial charge in [-0.15, -0.1) is 0 Å². The van der Waals surface area contributed by atoms with E-state index in [1.54, 1.807) is 7.11 Å². The highest BCUT2D eigenvalue weighted by Crippen LogP contribution is 2.29. The fourth-order valence-electron chi connectivity index (χ4n) is 2.38. The van der Waals surface area contributed by atoms with Crippen molar-refractivity contribution in [1.82, 2.24) is 5.16 Å². The lowest BCUT2D eigenvalue weighted by atomic mass is 9.91. The van der Waals surface area contributed by atoms with Crippen molar-refractivity contribution >= 4 is 21.6 Å². The number of aromatic nitrogens is 1. The van der Waals surface area contributed by atoms with Crippen molar-refractivity contribution in [3.05, 3.63) is 41.9 Å². The van der Waals surface area contributed by atoms with E-state index in [0.29, 0.717) is 12.4 Å². The molecular formula is C18H23FN2O5S. The maximum absolute atomic E-state index is 13.1. The summed E-state index contributed by atoms with van der Waals surface area (Å²) in [6.07, 6.45) is 0. The highest BCUT2D eigenvalue weighted by molar-refractivity contribution is 7.93. The standard InChI is InChI=1S/C18H23FN2O5S/c1-17(2,11-25-5)14-10-15(21-26-14)20-16(22)18(3,4)27(23,24)13-8-6-12(19)7-9-13/h6-10H,11H2,1-5H3,(H,20,21,22). The third-order valence-corrected chi connectivity index (χ3v) is 6.69. The molecule has 2 rings (SSSR count). The molecule has 9 heteroatoms. The van der Waals surface area contributed by atoms with Gasteiger partial charge in [-0.05, 0) is 38.1 Å². The highest BCUT2D eigenvalue weighted by Gasteiger charge is 2.43. The van der Waals surface area contributed by atoms with Crippen molar-refractivity contribution in [1.29, 1.82) is 0 Å². The van der Waals surface area contributed by atoms with Crippen LogP contribution in [0.15, 0.2) is 39.8 Å². The number of halogens is 1. The molecule has 1 N–H and O–H groups in total. The van der Waals surface area contributed by atoms with Crippen LogP contribution in [0.1, 0.15) is 33.5 Å². The van der Waals surface area contributed by atoms with Crippen molar-refractivity contribution in [2.24, 2.45) is 0 Å². The van der Waals surface area contributed by atoms with Crippen molar-refractivity contribution in [3.63, 3.8) is 0 Å². The fourth-order valence-corrected chi connectivity index (χ4v) is 3.76. The zero-order valence-corrected chi connectivity index (χ0v) is 16.7. The molecule has 1 heterocycles. The summed E-state index contributed by atoms with van der Waals surface area (Å²) in [4.78, 5) is 12.5. The summed E-state index contributed by atoms with van der Waals surface area (Å²) in [7, 11) is -2.50. The maximum atomic E-state index is 13.1. The minimum Gasteiger partial charge on any atom is -0.384 e. The van der Waals surface area contributed by atoms with Crippen LogP contribution in [0, 0.1) is 5.82 Å². The van der Waals surface area contributed by atoms with Gasteiger partial charge in [0.2, 0.25) is 5.91 Å². The number of hydrogen-bond acceptors (Lipinski definition) is 6. The molecule has 0 saturated carbocycles. The molecule has 27 heavy (non-hydrogen) atoms. The van der Waals surface area contributed by atoms with E-state index in [-0.39, 0.29) is 10.7 Å². The number of benzene rings is 1. The minimum absolute atomic E-state index is 0.0987. The second kappa shape index (κ2) is 7.40. The first-order valence-corrected chi connectivity index (χ1v) is 9.68. The zero-order chi connectivity index (χ0) is 20.5. The number of amides is 1. The molecule has 7 nitrogen and oxygen atoms in total. The number of rotatable bonds is 7. The Morgan fingerprint density at radius 1 is 1.22 bits per heavy atom. The molecule has 1 aromatic carbocycles. The van der Waals surface area contributed by atoms with Crippen LogP contribution in [0.25, 0.3) is 0 Å². The number of carbonyl (C=O) groups excluding carboxylic acids is 1. The quantitative estimate of drug-likeness (QED) is 0.720. The summed E-state index contributed by atoms with van der Waals surface area (Å²) in [5.74, 6) is -0.762. The van der Waals surface area contributed by atoms with E-state index in [0.717, 1.165) is 24.3 Å². The molecule has 0 atom stereocenters. The smallest absolute Gasteiger partial charge is 0.246 e. The Morgan fingerprint density at radius 3 is 2.37 bits per heavy atom. The molecule has 0 aliphatic heterocycles. The number of nitrogens with zero attached hydrogens (tertiary/aromatic N) is 1. The molecule has 1 amide bonds. The molecule has 0 unspecified atom stereocenters. The highest BCUT2D eigenvalue weighted by atomic mass is 32.2. The zero-order valence-electron chi connectivity index (χ0n) is 15.9. The summed E-state index contributed by atoms with van der Waals surface area (Å²) in [6, 6.07) is 5.84. The number of methoxy groups -OCH3 is 1. The first-order valence-electron chi connectivity index (χ1n) is 8.19. The Balaban J connectivity index is 2.24. The largest absolute Gasteiger partial charge is 0.384 e. The van der Waals surface area contributed by atoms with Crippen molar-refractivity contribution in [2.45, 2.75) is 42.8 Å². The number of sulfone groups is 1. The van der Waals surface area contributed by atoms with E-state index in [1.807, 2.05) is 13.8 Å². The molecule has 1 aromatic heterocycles. The van der Waals surface area contributed by atoms with Gasteiger partial charge in [0.15, 0.2) is 15.7 Å². The lowest BCUT2D eigenvalue weighted by molar-refractivity contribution is -0.117. The van der Waals surface area contributed by atoms with Gasteiger partial charge in [-0.3, -0.25) is 4.79 Å². The number of hydrogen-bond donors (Lipinski definition) is 1. The third-order valence-electron chi connectivity index (χ3n) is 4.27. The van der Waals surface area contributed by atoms with E-state index in [2.05, 4.69) is 10.5 Å². The van der Waals surface area contributed by atoms with Crippen LogP contribution >= 0.6 is 0 Å². The maximum Gasteiger partial charge on any atom is 0.246 e. The van der Waals surface area contributed by atoms with Gasteiger partial charge < -0.3 is 14.6 Å². The lowest BCUT2D eigenvalue weighted by Gasteiger charge is -2.23. The van der Waals surface area contributed by atoms with Crippen molar-refractivity contribution in [3.8, 4) is 0 Å². The Bertz CT molecular complexity index is 917. The topological polar surface area (TPSA) is 98.5 Å². The molecule has 0 fully saturated rings. The van der Waals surface area contributed by atoms with E-state index in [4.69, 9.17) is 9.26 Å². The average molecular weight is 398 g/mol. The predicted octanol–water partition coefficient (Wildman–Crippen LogP) is 2.93. The van der Waals surface area contributed by atoms with Crippen LogP contribution in [0.4, 0.5) is 10.2 Å². The van der Waals surface area contributed by atoms with Gasteiger partial charge in [-0.25, -0.2) is 12.8 Å². The van der Waals surface area contributed by atoms with Gasteiger partial charge in [-0.1, -0.05) is 19.0 Å². The molecule has 2 aromatic rings. The molecule has 0 bridgehead atoms. The second-order valence-corrected chi connectivity index (χ2v) is 9.81. The van der Waals surface area contributed by atoms with E-state index < -0.39 is 31.7 Å². The number of ether oxygens (including phenoxy) is 1. The molecule has 0 aliphatic rings. The third kappa shape index (κ3) is 4.19. The SMILES string of the molecule is COCC(C)(C)c1cc(NC(=O)C(C)(C)S(=O)(=O)c2ccc(F)cc2)no1. The predicted molar refractivity (Wildman–Crippen MR) is 97.7 cm³/mol. The molecule has 148 valence electrons. The lowest BCUT2D eigenvalue weighted by Crippen LogP contribution is -2.44. The second-order valence-electron chi connectivity index (χ2n) is 7.32. The normalized spacial score (nSPS) is 12.8. The average Bonchev–Trinajstić information content (AvgIpc) is 3.04. The Labute approximate surface area is 157 Å². The van der Waals surface area contributed by atoms with Gasteiger partial charge in [0.05, 0.1) is 11.5 Å². The van der Waals surface area contributed by atoms with Crippen LogP contribution in [0.3, 0.4) is 0 Å². The first kappa shape index (κ1) is 21.0. The van der Waals surface area contributed by atoms with Crippen LogP contribution in [0.5, 0.6) is 0 Å². The summed E-state index contributed by atoms with van der Waals surface area (Å²) < 4.78 is 47.2. The first-order chi connectivity index (χ1) is 12.4. The van der Waals surface area contributed by atoms with Gasteiger partial charge in [0.25, 0.3) is 0 Å². The van der Waals surface area contributed by atoms with Crippen LogP contribution in [-0.4, -0.2) is 37.9 Å². The summed E-state index contributed by atoms with van der Waals surface area (Å²) in [5, 5.41) is 6.24. The Kier molecular flexibility index (Phi) is 5.77. The number of anilines is 1. The van der Waals surface area contributed by atoms with E-state index in [9.17, 15) is 17.6 Å². The van der Waals surface area contributed by atoms with Crippen molar-refractivity contribution < 1.29 is 26.9 Å². The monoisotopic (exact) mass is 398 g/mol. The summed E-state index contributed by atoms with van der Waals surface area (Å²) in [6.45, 7) is 6.69. The van der Waals surface area contributed by atoms with Crippen LogP contribution in [-0.2, 0) is 24.8 Å². The summed E-state index contributed by atoms with van der Waals surface area (Å²) in [5.41, 5.74) is -0.472. The molecule has 0 aliphatic carbocycles. The molecule has 0 saturated heterocycles. The number of nitrogens with one attached hydrogen (secondary N) is 1. The van der Waals surface area contributed by atoms with Gasteiger partial charge in [-0.2, -0.15) is 0 Å². The summed E-state index contributed by atoms with van der Waals surface area (Å²) >= 11 is 0. The minimum atomic E-state index is -4.06. The van der Waals surface area contributed by atoms with Crippen LogP contribution < -0.4 is 5.32 Å². The van der Waals surface area contributed by atoms with E-state index in [1.165, 1.54) is 19.9 Å². The fraction of sp³-hybridized carbons (Fsp3) is 0.444. The Hall–Kier alpha value is -2.26. The van der Waals surface area contributed by atoms with Crippen LogP contribution in [0.2, 0.25) is 0 Å². The molecular weight excluding hydrogens is 375 g/mol.